The van der Waals surface area contributed by atoms with E-state index in [2.05, 4.69) is 5.32 Å². The van der Waals surface area contributed by atoms with Crippen LogP contribution in [-0.2, 0) is 21.7 Å². The highest BCUT2D eigenvalue weighted by Crippen LogP contribution is 2.46. The number of hydrogen-bond acceptors (Lipinski definition) is 4. The number of alkyl carbamates (subject to hydrolysis) is 1. The fourth-order valence-corrected chi connectivity index (χ4v) is 3.83. The molecule has 1 aliphatic rings. The van der Waals surface area contributed by atoms with E-state index in [1.807, 2.05) is 30.3 Å². The van der Waals surface area contributed by atoms with Gasteiger partial charge in [0, 0.05) is 16.7 Å². The predicted molar refractivity (Wildman–Crippen MR) is 119 cm³/mol. The molecule has 4 rings (SSSR count). The standard InChI is InChI=1S/C24H21ClN2O4/c1-24(26-23(29)31-15-16-7-4-3-5-8-16)20-12-11-19(30-2)14-21(20)27(22(24)28)18-10-6-9-17(25)13-18/h3-14H,15H2,1-2H3,(H,26,29). The van der Waals surface area contributed by atoms with Gasteiger partial charge in [-0.05, 0) is 36.8 Å². The summed E-state index contributed by atoms with van der Waals surface area (Å²) in [4.78, 5) is 27.7. The van der Waals surface area contributed by atoms with Crippen molar-refractivity contribution in [2.75, 3.05) is 12.0 Å². The summed E-state index contributed by atoms with van der Waals surface area (Å²) >= 11 is 6.16. The predicted octanol–water partition coefficient (Wildman–Crippen LogP) is 5.17. The molecule has 0 fully saturated rings. The van der Waals surface area contributed by atoms with Crippen molar-refractivity contribution >= 4 is 35.0 Å². The van der Waals surface area contributed by atoms with Crippen molar-refractivity contribution in [3.8, 4) is 5.75 Å². The van der Waals surface area contributed by atoms with Crippen molar-refractivity contribution in [2.24, 2.45) is 0 Å². The number of carbonyl (C=O) groups is 2. The zero-order chi connectivity index (χ0) is 22.0. The molecule has 0 bridgehead atoms. The Kier molecular flexibility index (Phi) is 5.57. The van der Waals surface area contributed by atoms with E-state index in [-0.39, 0.29) is 12.5 Å². The topological polar surface area (TPSA) is 67.9 Å². The third-order valence-electron chi connectivity index (χ3n) is 5.25. The largest absolute Gasteiger partial charge is 0.497 e. The van der Waals surface area contributed by atoms with Crippen LogP contribution in [0.1, 0.15) is 18.1 Å². The minimum absolute atomic E-state index is 0.102. The van der Waals surface area contributed by atoms with Crippen molar-refractivity contribution in [1.29, 1.82) is 0 Å². The molecule has 0 spiro atoms. The Bertz CT molecular complexity index is 1140. The number of benzene rings is 3. The van der Waals surface area contributed by atoms with Gasteiger partial charge in [-0.25, -0.2) is 4.79 Å². The van der Waals surface area contributed by atoms with E-state index >= 15 is 0 Å². The fraction of sp³-hybridized carbons (Fsp3) is 0.167. The molecule has 1 N–H and O–H groups in total. The fourth-order valence-electron chi connectivity index (χ4n) is 3.65. The molecule has 158 valence electrons. The van der Waals surface area contributed by atoms with Gasteiger partial charge >= 0.3 is 6.09 Å². The average Bonchev–Trinajstić information content (AvgIpc) is 2.99. The quantitative estimate of drug-likeness (QED) is 0.599. The van der Waals surface area contributed by atoms with Crippen LogP contribution < -0.4 is 15.0 Å². The van der Waals surface area contributed by atoms with Crippen LogP contribution in [0.5, 0.6) is 5.75 Å². The number of hydrogen-bond donors (Lipinski definition) is 1. The van der Waals surface area contributed by atoms with Crippen LogP contribution in [0.25, 0.3) is 0 Å². The molecular formula is C24H21ClN2O4. The monoisotopic (exact) mass is 436 g/mol. The van der Waals surface area contributed by atoms with E-state index in [1.54, 1.807) is 56.5 Å². The van der Waals surface area contributed by atoms with Crippen molar-refractivity contribution in [3.63, 3.8) is 0 Å². The first kappa shape index (κ1) is 20.8. The van der Waals surface area contributed by atoms with Crippen molar-refractivity contribution < 1.29 is 19.1 Å². The minimum atomic E-state index is -1.32. The number of nitrogens with zero attached hydrogens (tertiary/aromatic N) is 1. The lowest BCUT2D eigenvalue weighted by Crippen LogP contribution is -2.50. The zero-order valence-electron chi connectivity index (χ0n) is 17.1. The average molecular weight is 437 g/mol. The van der Waals surface area contributed by atoms with Crippen LogP contribution in [0, 0.1) is 0 Å². The molecule has 1 atom stereocenters. The van der Waals surface area contributed by atoms with Gasteiger partial charge in [0.2, 0.25) is 0 Å². The summed E-state index contributed by atoms with van der Waals surface area (Å²) in [5.74, 6) is 0.268. The Balaban J connectivity index is 1.66. The first-order chi connectivity index (χ1) is 14.9. The van der Waals surface area contributed by atoms with E-state index in [1.165, 1.54) is 4.90 Å². The summed E-state index contributed by atoms with van der Waals surface area (Å²) in [6.07, 6.45) is -0.686. The van der Waals surface area contributed by atoms with E-state index < -0.39 is 11.6 Å². The van der Waals surface area contributed by atoms with Crippen LogP contribution in [-0.4, -0.2) is 19.1 Å². The number of halogens is 1. The van der Waals surface area contributed by atoms with Gasteiger partial charge in [0.15, 0.2) is 0 Å². The molecule has 0 saturated carbocycles. The van der Waals surface area contributed by atoms with Crippen LogP contribution in [0.4, 0.5) is 16.2 Å². The van der Waals surface area contributed by atoms with Crippen molar-refractivity contribution in [1.82, 2.24) is 5.32 Å². The summed E-state index contributed by atoms with van der Waals surface area (Å²) in [5, 5.41) is 3.26. The second kappa shape index (κ2) is 8.32. The summed E-state index contributed by atoms with van der Waals surface area (Å²) in [6, 6.07) is 21.6. The van der Waals surface area contributed by atoms with Gasteiger partial charge in [-0.1, -0.05) is 54.1 Å². The molecule has 2 amide bonds. The molecule has 1 aliphatic heterocycles. The normalized spacial score (nSPS) is 17.3. The number of fused-ring (bicyclic) bond motifs is 1. The SMILES string of the molecule is COc1ccc2c(c1)N(c1cccc(Cl)c1)C(=O)C2(C)NC(=O)OCc1ccccc1. The second-order valence-electron chi connectivity index (χ2n) is 7.32. The molecule has 7 heteroatoms. The highest BCUT2D eigenvalue weighted by Gasteiger charge is 2.49. The number of carbonyl (C=O) groups excluding carboxylic acids is 2. The zero-order valence-corrected chi connectivity index (χ0v) is 17.8. The Hall–Kier alpha value is -3.51. The molecule has 0 radical (unpaired) electrons. The lowest BCUT2D eigenvalue weighted by Gasteiger charge is -2.25. The number of ether oxygens (including phenoxy) is 2. The maximum Gasteiger partial charge on any atom is 0.408 e. The molecule has 0 saturated heterocycles. The summed E-state index contributed by atoms with van der Waals surface area (Å²) in [6.45, 7) is 1.76. The maximum atomic E-state index is 13.6. The van der Waals surface area contributed by atoms with Gasteiger partial charge < -0.3 is 14.8 Å². The van der Waals surface area contributed by atoms with Crippen molar-refractivity contribution in [2.45, 2.75) is 19.1 Å². The molecule has 0 aromatic heterocycles. The first-order valence-electron chi connectivity index (χ1n) is 9.70. The second-order valence-corrected chi connectivity index (χ2v) is 7.75. The molecule has 3 aromatic carbocycles. The number of amides is 2. The molecular weight excluding hydrogens is 416 g/mol. The lowest BCUT2D eigenvalue weighted by molar-refractivity contribution is -0.122. The van der Waals surface area contributed by atoms with Gasteiger partial charge in [-0.15, -0.1) is 0 Å². The molecule has 1 heterocycles. The smallest absolute Gasteiger partial charge is 0.408 e. The van der Waals surface area contributed by atoms with Gasteiger partial charge in [-0.3, -0.25) is 9.69 Å². The highest BCUT2D eigenvalue weighted by atomic mass is 35.5. The number of methoxy groups -OCH3 is 1. The third-order valence-corrected chi connectivity index (χ3v) is 5.48. The summed E-state index contributed by atoms with van der Waals surface area (Å²) < 4.78 is 10.7. The van der Waals surface area contributed by atoms with Crippen LogP contribution in [0.15, 0.2) is 72.8 Å². The van der Waals surface area contributed by atoms with Crippen molar-refractivity contribution in [3.05, 3.63) is 88.9 Å². The lowest BCUT2D eigenvalue weighted by atomic mass is 9.94. The number of rotatable bonds is 5. The minimum Gasteiger partial charge on any atom is -0.497 e. The van der Waals surface area contributed by atoms with Crippen LogP contribution >= 0.6 is 11.6 Å². The molecule has 3 aromatic rings. The Morgan fingerprint density at radius 3 is 2.55 bits per heavy atom. The first-order valence-corrected chi connectivity index (χ1v) is 10.1. The third kappa shape index (κ3) is 3.94. The molecule has 31 heavy (non-hydrogen) atoms. The Morgan fingerprint density at radius 1 is 1.06 bits per heavy atom. The Morgan fingerprint density at radius 2 is 1.84 bits per heavy atom. The van der Waals surface area contributed by atoms with Gasteiger partial charge in [0.05, 0.1) is 18.5 Å². The van der Waals surface area contributed by atoms with Crippen LogP contribution in [0.2, 0.25) is 5.02 Å². The highest BCUT2D eigenvalue weighted by molar-refractivity contribution is 6.31. The maximum absolute atomic E-state index is 13.6. The molecule has 0 aliphatic carbocycles. The molecule has 1 unspecified atom stereocenters. The van der Waals surface area contributed by atoms with E-state index in [0.717, 1.165) is 5.56 Å². The summed E-state index contributed by atoms with van der Waals surface area (Å²) in [5.41, 5.74) is 1.37. The van der Waals surface area contributed by atoms with E-state index in [4.69, 9.17) is 21.1 Å². The van der Waals surface area contributed by atoms with Gasteiger partial charge in [0.1, 0.15) is 17.9 Å². The molecule has 6 nitrogen and oxygen atoms in total. The number of anilines is 2. The van der Waals surface area contributed by atoms with Crippen LogP contribution in [0.3, 0.4) is 0 Å². The van der Waals surface area contributed by atoms with Gasteiger partial charge in [-0.2, -0.15) is 0 Å². The Labute approximate surface area is 185 Å². The van der Waals surface area contributed by atoms with E-state index in [9.17, 15) is 9.59 Å². The van der Waals surface area contributed by atoms with Gasteiger partial charge in [0.25, 0.3) is 5.91 Å². The summed E-state index contributed by atoms with van der Waals surface area (Å²) in [7, 11) is 1.56. The number of nitrogens with one attached hydrogen (secondary N) is 1. The van der Waals surface area contributed by atoms with E-state index in [0.29, 0.717) is 27.7 Å².